The number of fused-ring (bicyclic) bond motifs is 2. The molecular formula is C21H22N6O. The molecule has 0 atom stereocenters. The van der Waals surface area contributed by atoms with E-state index in [-0.39, 0.29) is 5.78 Å². The number of hydrogen-bond acceptors (Lipinski definition) is 6. The predicted octanol–water partition coefficient (Wildman–Crippen LogP) is 3.13. The number of aromatic nitrogens is 3. The van der Waals surface area contributed by atoms with Crippen molar-refractivity contribution in [3.05, 3.63) is 47.4 Å². The first-order chi connectivity index (χ1) is 13.5. The summed E-state index contributed by atoms with van der Waals surface area (Å²) >= 11 is 0. The van der Waals surface area contributed by atoms with Crippen molar-refractivity contribution in [2.75, 3.05) is 26.0 Å². The highest BCUT2D eigenvalue weighted by Crippen LogP contribution is 2.27. The topological polar surface area (TPSA) is 86.8 Å². The summed E-state index contributed by atoms with van der Waals surface area (Å²) in [4.78, 5) is 23.3. The highest BCUT2D eigenvalue weighted by atomic mass is 16.1. The number of carbonyl (C=O) groups excluding carboxylic acids is 1. The predicted molar refractivity (Wildman–Crippen MR) is 108 cm³/mol. The molecule has 1 aliphatic rings. The van der Waals surface area contributed by atoms with Crippen LogP contribution >= 0.6 is 0 Å². The van der Waals surface area contributed by atoms with Crippen molar-refractivity contribution in [2.24, 2.45) is 0 Å². The Balaban J connectivity index is 1.63. The van der Waals surface area contributed by atoms with Crippen molar-refractivity contribution in [3.8, 4) is 6.07 Å². The fourth-order valence-corrected chi connectivity index (χ4v) is 3.48. The average Bonchev–Trinajstić information content (AvgIpc) is 3.08. The molecule has 1 aliphatic carbocycles. The first kappa shape index (κ1) is 18.1. The fraction of sp³-hybridized carbons (Fsp3) is 0.333. The van der Waals surface area contributed by atoms with E-state index in [0.717, 1.165) is 48.3 Å². The number of nitrogens with zero attached hydrogens (tertiary/aromatic N) is 5. The van der Waals surface area contributed by atoms with Crippen LogP contribution in [0.5, 0.6) is 0 Å². The Morgan fingerprint density at radius 1 is 1.29 bits per heavy atom. The number of nitrogens with one attached hydrogen (secondary N) is 1. The Morgan fingerprint density at radius 2 is 2.14 bits per heavy atom. The van der Waals surface area contributed by atoms with E-state index >= 15 is 0 Å². The zero-order chi connectivity index (χ0) is 19.7. The third-order valence-corrected chi connectivity index (χ3v) is 5.01. The lowest BCUT2D eigenvalue weighted by atomic mass is 9.93. The molecule has 7 nitrogen and oxygen atoms in total. The summed E-state index contributed by atoms with van der Waals surface area (Å²) in [7, 11) is 4.10. The highest BCUT2D eigenvalue weighted by molar-refractivity contribution is 5.98. The molecule has 0 fully saturated rings. The number of pyridine rings is 1. The number of anilines is 2. The zero-order valence-electron chi connectivity index (χ0n) is 16.1. The summed E-state index contributed by atoms with van der Waals surface area (Å²) in [5, 5.41) is 12.7. The van der Waals surface area contributed by atoms with Gasteiger partial charge in [-0.3, -0.25) is 4.79 Å². The van der Waals surface area contributed by atoms with Gasteiger partial charge in [-0.15, -0.1) is 0 Å². The summed E-state index contributed by atoms with van der Waals surface area (Å²) in [6.45, 7) is 1.81. The van der Waals surface area contributed by atoms with Gasteiger partial charge in [0.15, 0.2) is 5.78 Å². The second-order valence-electron chi connectivity index (χ2n) is 7.34. The van der Waals surface area contributed by atoms with Crippen molar-refractivity contribution in [1.82, 2.24) is 19.4 Å². The summed E-state index contributed by atoms with van der Waals surface area (Å²) < 4.78 is 2.13. The Kier molecular flexibility index (Phi) is 4.80. The van der Waals surface area contributed by atoms with Crippen molar-refractivity contribution in [1.29, 1.82) is 5.26 Å². The van der Waals surface area contributed by atoms with Gasteiger partial charge in [0.05, 0.1) is 28.6 Å². The molecule has 4 rings (SSSR count). The van der Waals surface area contributed by atoms with Crippen LogP contribution in [0.15, 0.2) is 30.6 Å². The summed E-state index contributed by atoms with van der Waals surface area (Å²) in [6, 6.07) is 9.76. The minimum atomic E-state index is 0.0708. The van der Waals surface area contributed by atoms with Gasteiger partial charge < -0.3 is 14.8 Å². The smallest absolute Gasteiger partial charge is 0.164 e. The number of hydrogen-bond donors (Lipinski definition) is 1. The van der Waals surface area contributed by atoms with Crippen molar-refractivity contribution in [3.63, 3.8) is 0 Å². The van der Waals surface area contributed by atoms with Gasteiger partial charge in [-0.25, -0.2) is 9.97 Å². The van der Waals surface area contributed by atoms with E-state index in [1.54, 1.807) is 6.07 Å². The highest BCUT2D eigenvalue weighted by Gasteiger charge is 2.21. The maximum Gasteiger partial charge on any atom is 0.164 e. The van der Waals surface area contributed by atoms with Gasteiger partial charge >= 0.3 is 0 Å². The number of aryl methyl sites for hydroxylation is 1. The molecule has 0 saturated heterocycles. The monoisotopic (exact) mass is 374 g/mol. The maximum absolute atomic E-state index is 12.1. The summed E-state index contributed by atoms with van der Waals surface area (Å²) in [6.07, 6.45) is 3.94. The van der Waals surface area contributed by atoms with Crippen LogP contribution in [0.1, 0.15) is 34.5 Å². The van der Waals surface area contributed by atoms with Crippen molar-refractivity contribution < 1.29 is 4.79 Å². The molecule has 0 amide bonds. The number of likely N-dealkylation sites (N-methyl/N-ethyl adjacent to an activating group) is 1. The number of benzene rings is 1. The lowest BCUT2D eigenvalue weighted by molar-refractivity contribution is 0.0971. The van der Waals surface area contributed by atoms with E-state index in [1.807, 2.05) is 38.6 Å². The molecule has 142 valence electrons. The van der Waals surface area contributed by atoms with E-state index in [2.05, 4.69) is 30.8 Å². The lowest BCUT2D eigenvalue weighted by Gasteiger charge is -2.16. The molecule has 2 heterocycles. The van der Waals surface area contributed by atoms with Gasteiger partial charge in [0, 0.05) is 30.8 Å². The number of rotatable bonds is 5. The molecule has 0 radical (unpaired) electrons. The molecule has 1 aromatic carbocycles. The minimum Gasteiger partial charge on any atom is -0.339 e. The third-order valence-electron chi connectivity index (χ3n) is 5.01. The van der Waals surface area contributed by atoms with Crippen LogP contribution in [-0.4, -0.2) is 45.9 Å². The number of ketones is 1. The first-order valence-electron chi connectivity index (χ1n) is 9.39. The molecule has 7 heteroatoms. The zero-order valence-corrected chi connectivity index (χ0v) is 16.1. The quantitative estimate of drug-likeness (QED) is 0.738. The second-order valence-corrected chi connectivity index (χ2v) is 7.34. The van der Waals surface area contributed by atoms with E-state index in [4.69, 9.17) is 0 Å². The van der Waals surface area contributed by atoms with Gasteiger partial charge in [0.25, 0.3) is 0 Å². The lowest BCUT2D eigenvalue weighted by Crippen LogP contribution is -2.17. The van der Waals surface area contributed by atoms with Gasteiger partial charge in [-0.1, -0.05) is 0 Å². The largest absolute Gasteiger partial charge is 0.339 e. The Labute approximate surface area is 163 Å². The van der Waals surface area contributed by atoms with Gasteiger partial charge in [-0.05, 0) is 51.2 Å². The molecule has 0 aliphatic heterocycles. The Bertz CT molecular complexity index is 1090. The first-order valence-corrected chi connectivity index (χ1v) is 9.39. The van der Waals surface area contributed by atoms with E-state index in [9.17, 15) is 10.1 Å². The normalized spacial score (nSPS) is 13.6. The summed E-state index contributed by atoms with van der Waals surface area (Å²) in [5.74, 6) is 0.559. The maximum atomic E-state index is 12.1. The molecule has 0 unspecified atom stereocenters. The molecule has 0 saturated carbocycles. The van der Waals surface area contributed by atoms with Gasteiger partial charge in [0.1, 0.15) is 11.9 Å². The van der Waals surface area contributed by atoms with Crippen LogP contribution in [0, 0.1) is 11.3 Å². The standard InChI is InChI=1S/C21H22N6O/c1-26(2)8-9-27-13-23-18-11-15(6-7-19(18)27)24-21-14(12-22)10-16-17(25-21)4-3-5-20(16)28/h6-7,10-11,13H,3-5,8-9H2,1-2H3,(H,24,25). The Morgan fingerprint density at radius 3 is 2.93 bits per heavy atom. The second kappa shape index (κ2) is 7.41. The number of Topliss-reactive ketones (excluding diaryl/α,β-unsaturated/α-hetero) is 1. The van der Waals surface area contributed by atoms with E-state index < -0.39 is 0 Å². The average molecular weight is 374 g/mol. The van der Waals surface area contributed by atoms with Crippen LogP contribution in [0.25, 0.3) is 11.0 Å². The van der Waals surface area contributed by atoms with E-state index in [1.165, 1.54) is 0 Å². The SMILES string of the molecule is CN(C)CCn1cnc2cc(Nc3nc4c(cc3C#N)C(=O)CCC4)ccc21. The molecule has 2 aromatic heterocycles. The van der Waals surface area contributed by atoms with Gasteiger partial charge in [0.2, 0.25) is 0 Å². The van der Waals surface area contributed by atoms with Crippen LogP contribution < -0.4 is 5.32 Å². The number of nitriles is 1. The molecule has 1 N–H and O–H groups in total. The van der Waals surface area contributed by atoms with Crippen LogP contribution in [0.2, 0.25) is 0 Å². The minimum absolute atomic E-state index is 0.0708. The molecular weight excluding hydrogens is 352 g/mol. The van der Waals surface area contributed by atoms with Crippen LogP contribution in [-0.2, 0) is 13.0 Å². The Hall–Kier alpha value is -3.24. The van der Waals surface area contributed by atoms with Crippen LogP contribution in [0.3, 0.4) is 0 Å². The fourth-order valence-electron chi connectivity index (χ4n) is 3.48. The molecule has 3 aromatic rings. The van der Waals surface area contributed by atoms with E-state index in [0.29, 0.717) is 23.4 Å². The van der Waals surface area contributed by atoms with Crippen molar-refractivity contribution in [2.45, 2.75) is 25.8 Å². The molecule has 0 bridgehead atoms. The number of carbonyl (C=O) groups is 1. The van der Waals surface area contributed by atoms with Crippen LogP contribution in [0.4, 0.5) is 11.5 Å². The third kappa shape index (κ3) is 3.47. The van der Waals surface area contributed by atoms with Gasteiger partial charge in [-0.2, -0.15) is 5.26 Å². The number of imidazole rings is 1. The summed E-state index contributed by atoms with van der Waals surface area (Å²) in [5.41, 5.74) is 4.50. The molecule has 28 heavy (non-hydrogen) atoms. The molecule has 0 spiro atoms. The van der Waals surface area contributed by atoms with Crippen molar-refractivity contribution >= 4 is 28.3 Å².